The van der Waals surface area contributed by atoms with Gasteiger partial charge in [0, 0.05) is 30.2 Å². The van der Waals surface area contributed by atoms with Crippen LogP contribution in [0, 0.1) is 0 Å². The van der Waals surface area contributed by atoms with Crippen LogP contribution in [0.3, 0.4) is 0 Å². The fraction of sp³-hybridized carbons (Fsp3) is 0.467. The van der Waals surface area contributed by atoms with E-state index in [1.165, 1.54) is 0 Å². The van der Waals surface area contributed by atoms with Gasteiger partial charge in [-0.05, 0) is 18.4 Å². The van der Waals surface area contributed by atoms with E-state index in [0.717, 1.165) is 10.4 Å². The molecule has 3 heterocycles. The summed E-state index contributed by atoms with van der Waals surface area (Å²) in [5.41, 5.74) is 0.766. The zero-order valence-corrected chi connectivity index (χ0v) is 14.7. The van der Waals surface area contributed by atoms with Crippen molar-refractivity contribution in [3.05, 3.63) is 40.3 Å². The number of thiophene rings is 1. The molecular weight excluding hydrogens is 334 g/mol. The largest absolute Gasteiger partial charge is 0.333 e. The normalized spacial score (nSPS) is 22.0. The fourth-order valence-electron chi connectivity index (χ4n) is 2.87. The van der Waals surface area contributed by atoms with Crippen molar-refractivity contribution in [1.29, 1.82) is 0 Å². The SMILES string of the molecule is C[C@@H](C(=O)N1CCS(=O)(=O)C[C@H]1c1cnn(C)c1)c1cccs1. The monoisotopic (exact) mass is 353 g/mol. The summed E-state index contributed by atoms with van der Waals surface area (Å²) >= 11 is 1.54. The lowest BCUT2D eigenvalue weighted by molar-refractivity contribution is -0.134. The maximum absolute atomic E-state index is 12.9. The van der Waals surface area contributed by atoms with E-state index in [1.54, 1.807) is 40.4 Å². The molecule has 1 aliphatic heterocycles. The Balaban J connectivity index is 1.90. The number of carbonyl (C=O) groups excluding carboxylic acids is 1. The van der Waals surface area contributed by atoms with Gasteiger partial charge in [0.2, 0.25) is 5.91 Å². The molecule has 2 aromatic heterocycles. The van der Waals surface area contributed by atoms with Gasteiger partial charge in [-0.25, -0.2) is 8.42 Å². The summed E-state index contributed by atoms with van der Waals surface area (Å²) in [5.74, 6) is -0.319. The second-order valence-electron chi connectivity index (χ2n) is 5.85. The summed E-state index contributed by atoms with van der Waals surface area (Å²) in [6, 6.07) is 3.40. The van der Waals surface area contributed by atoms with Crippen LogP contribution in [0.4, 0.5) is 0 Å². The molecule has 0 aliphatic carbocycles. The molecule has 23 heavy (non-hydrogen) atoms. The lowest BCUT2D eigenvalue weighted by Gasteiger charge is -2.36. The molecule has 8 heteroatoms. The molecule has 2 atom stereocenters. The van der Waals surface area contributed by atoms with Crippen molar-refractivity contribution in [2.75, 3.05) is 18.1 Å². The van der Waals surface area contributed by atoms with Crippen molar-refractivity contribution >= 4 is 27.1 Å². The third-order valence-electron chi connectivity index (χ3n) is 4.16. The molecule has 0 spiro atoms. The van der Waals surface area contributed by atoms with Crippen molar-refractivity contribution in [2.45, 2.75) is 18.9 Å². The summed E-state index contributed by atoms with van der Waals surface area (Å²) in [6.45, 7) is 2.11. The maximum Gasteiger partial charge on any atom is 0.231 e. The molecule has 1 aliphatic rings. The first-order valence-electron chi connectivity index (χ1n) is 7.40. The first-order chi connectivity index (χ1) is 10.9. The number of hydrogen-bond donors (Lipinski definition) is 0. The zero-order chi connectivity index (χ0) is 16.6. The lowest BCUT2D eigenvalue weighted by atomic mass is 10.1. The van der Waals surface area contributed by atoms with Gasteiger partial charge in [0.25, 0.3) is 0 Å². The summed E-state index contributed by atoms with van der Waals surface area (Å²) in [4.78, 5) is 15.6. The van der Waals surface area contributed by atoms with Crippen molar-refractivity contribution in [3.63, 3.8) is 0 Å². The van der Waals surface area contributed by atoms with Crippen LogP contribution in [0.2, 0.25) is 0 Å². The molecule has 0 aromatic carbocycles. The number of rotatable bonds is 3. The van der Waals surface area contributed by atoms with E-state index in [-0.39, 0.29) is 29.9 Å². The number of nitrogens with zero attached hydrogens (tertiary/aromatic N) is 3. The van der Waals surface area contributed by atoms with Gasteiger partial charge >= 0.3 is 0 Å². The van der Waals surface area contributed by atoms with Gasteiger partial charge in [0.15, 0.2) is 9.84 Å². The van der Waals surface area contributed by atoms with Crippen LogP contribution in [0.5, 0.6) is 0 Å². The first kappa shape index (κ1) is 16.2. The Labute approximate surface area is 139 Å². The van der Waals surface area contributed by atoms with E-state index < -0.39 is 15.9 Å². The van der Waals surface area contributed by atoms with Crippen LogP contribution >= 0.6 is 11.3 Å². The minimum atomic E-state index is -3.15. The van der Waals surface area contributed by atoms with Crippen molar-refractivity contribution < 1.29 is 13.2 Å². The molecule has 0 N–H and O–H groups in total. The summed E-state index contributed by atoms with van der Waals surface area (Å²) in [7, 11) is -1.37. The number of carbonyl (C=O) groups is 1. The number of sulfone groups is 1. The molecule has 1 amide bonds. The number of hydrogen-bond acceptors (Lipinski definition) is 5. The summed E-state index contributed by atoms with van der Waals surface area (Å²) < 4.78 is 25.7. The molecule has 1 saturated heterocycles. The molecule has 2 aromatic rings. The Morgan fingerprint density at radius 1 is 1.48 bits per heavy atom. The predicted octanol–water partition coefficient (Wildman–Crippen LogP) is 1.58. The summed E-state index contributed by atoms with van der Waals surface area (Å²) in [6.07, 6.45) is 3.42. The molecule has 6 nitrogen and oxygen atoms in total. The van der Waals surface area contributed by atoms with E-state index in [2.05, 4.69) is 5.10 Å². The minimum Gasteiger partial charge on any atom is -0.333 e. The highest BCUT2D eigenvalue weighted by Gasteiger charge is 2.37. The molecule has 0 unspecified atom stereocenters. The van der Waals surface area contributed by atoms with Gasteiger partial charge in [-0.3, -0.25) is 9.48 Å². The van der Waals surface area contributed by atoms with E-state index in [4.69, 9.17) is 0 Å². The highest BCUT2D eigenvalue weighted by molar-refractivity contribution is 7.91. The maximum atomic E-state index is 12.9. The van der Waals surface area contributed by atoms with E-state index in [0.29, 0.717) is 0 Å². The standard InChI is InChI=1S/C15H19N3O3S2/c1-11(14-4-3-6-22-14)15(19)18-5-7-23(20,21)10-13(18)12-8-16-17(2)9-12/h3-4,6,8-9,11,13H,5,7,10H2,1-2H3/t11-,13+/m1/s1. The molecule has 1 fully saturated rings. The average Bonchev–Trinajstić information content (AvgIpc) is 3.16. The molecule has 0 radical (unpaired) electrons. The average molecular weight is 353 g/mol. The van der Waals surface area contributed by atoms with Gasteiger partial charge in [0.1, 0.15) is 0 Å². The summed E-state index contributed by atoms with van der Waals surface area (Å²) in [5, 5.41) is 6.06. The Hall–Kier alpha value is -1.67. The van der Waals surface area contributed by atoms with Crippen LogP contribution in [0.25, 0.3) is 0 Å². The highest BCUT2D eigenvalue weighted by atomic mass is 32.2. The Kier molecular flexibility index (Phi) is 4.29. The quantitative estimate of drug-likeness (QED) is 0.840. The van der Waals surface area contributed by atoms with Crippen LogP contribution in [-0.4, -0.2) is 47.1 Å². The molecule has 0 saturated carbocycles. The second-order valence-corrected chi connectivity index (χ2v) is 9.05. The van der Waals surface area contributed by atoms with Gasteiger partial charge in [-0.2, -0.15) is 5.10 Å². The minimum absolute atomic E-state index is 0.0205. The third-order valence-corrected chi connectivity index (χ3v) is 6.85. The van der Waals surface area contributed by atoms with Crippen LogP contribution in [-0.2, 0) is 21.7 Å². The molecular formula is C15H19N3O3S2. The Morgan fingerprint density at radius 2 is 2.26 bits per heavy atom. The zero-order valence-electron chi connectivity index (χ0n) is 13.0. The van der Waals surface area contributed by atoms with Gasteiger partial charge in [-0.15, -0.1) is 11.3 Å². The van der Waals surface area contributed by atoms with E-state index in [9.17, 15) is 13.2 Å². The molecule has 0 bridgehead atoms. The third kappa shape index (κ3) is 3.32. The lowest BCUT2D eigenvalue weighted by Crippen LogP contribution is -2.47. The van der Waals surface area contributed by atoms with E-state index >= 15 is 0 Å². The topological polar surface area (TPSA) is 72.3 Å². The Bertz CT molecular complexity index is 796. The van der Waals surface area contributed by atoms with Gasteiger partial charge in [-0.1, -0.05) is 6.07 Å². The van der Waals surface area contributed by atoms with Crippen LogP contribution in [0.15, 0.2) is 29.9 Å². The number of aryl methyl sites for hydroxylation is 1. The van der Waals surface area contributed by atoms with Crippen molar-refractivity contribution in [2.24, 2.45) is 7.05 Å². The number of amides is 1. The highest BCUT2D eigenvalue weighted by Crippen LogP contribution is 2.31. The van der Waals surface area contributed by atoms with Crippen molar-refractivity contribution in [1.82, 2.24) is 14.7 Å². The molecule has 3 rings (SSSR count). The van der Waals surface area contributed by atoms with Crippen LogP contribution in [0.1, 0.15) is 29.3 Å². The second kappa shape index (κ2) is 6.09. The Morgan fingerprint density at radius 3 is 2.87 bits per heavy atom. The number of aromatic nitrogens is 2. The fourth-order valence-corrected chi connectivity index (χ4v) is 5.14. The first-order valence-corrected chi connectivity index (χ1v) is 10.1. The van der Waals surface area contributed by atoms with Gasteiger partial charge < -0.3 is 4.90 Å². The predicted molar refractivity (Wildman–Crippen MR) is 89.0 cm³/mol. The van der Waals surface area contributed by atoms with Crippen LogP contribution < -0.4 is 0 Å². The van der Waals surface area contributed by atoms with Crippen molar-refractivity contribution in [3.8, 4) is 0 Å². The van der Waals surface area contributed by atoms with E-state index in [1.807, 2.05) is 24.4 Å². The smallest absolute Gasteiger partial charge is 0.231 e. The molecule has 124 valence electrons. The van der Waals surface area contributed by atoms with Gasteiger partial charge in [0.05, 0.1) is 29.7 Å².